The first-order valence-electron chi connectivity index (χ1n) is 6.99. The van der Waals surface area contributed by atoms with Gasteiger partial charge < -0.3 is 4.90 Å². The van der Waals surface area contributed by atoms with Gasteiger partial charge in [0.15, 0.2) is 0 Å². The Bertz CT molecular complexity index is 605. The van der Waals surface area contributed by atoms with E-state index in [1.807, 2.05) is 13.0 Å². The molecule has 2 aliphatic rings. The third kappa shape index (κ3) is 2.93. The number of sulfonamides is 1. The van der Waals surface area contributed by atoms with Crippen molar-refractivity contribution < 1.29 is 8.42 Å². The van der Waals surface area contributed by atoms with Gasteiger partial charge in [-0.2, -0.15) is 4.31 Å². The van der Waals surface area contributed by atoms with Crippen LogP contribution in [0.2, 0.25) is 0 Å². The van der Waals surface area contributed by atoms with E-state index in [1.165, 1.54) is 23.4 Å². The highest BCUT2D eigenvalue weighted by atomic mass is 32.2. The molecule has 1 saturated heterocycles. The van der Waals surface area contributed by atoms with Gasteiger partial charge >= 0.3 is 0 Å². The molecule has 0 radical (unpaired) electrons. The van der Waals surface area contributed by atoms with Crippen LogP contribution in [0.3, 0.4) is 0 Å². The van der Waals surface area contributed by atoms with Crippen LogP contribution in [0.15, 0.2) is 6.07 Å². The number of rotatable bonds is 3. The highest BCUT2D eigenvalue weighted by Crippen LogP contribution is 2.38. The molecule has 0 unspecified atom stereocenters. The summed E-state index contributed by atoms with van der Waals surface area (Å²) in [6.07, 6.45) is 3.64. The van der Waals surface area contributed by atoms with Crippen molar-refractivity contribution in [2.75, 3.05) is 37.3 Å². The van der Waals surface area contributed by atoms with Gasteiger partial charge in [0.05, 0.1) is 6.26 Å². The van der Waals surface area contributed by atoms with Crippen molar-refractivity contribution in [2.24, 2.45) is 0 Å². The smallest absolute Gasteiger partial charge is 0.211 e. The quantitative estimate of drug-likeness (QED) is 0.823. The minimum atomic E-state index is -3.08. The Hall–Kier alpha value is -1.21. The Morgan fingerprint density at radius 2 is 1.80 bits per heavy atom. The Kier molecular flexibility index (Phi) is 3.41. The first-order chi connectivity index (χ1) is 9.43. The number of hydrogen-bond acceptors (Lipinski definition) is 5. The highest BCUT2D eigenvalue weighted by molar-refractivity contribution is 7.88. The minimum absolute atomic E-state index is 0.528. The van der Waals surface area contributed by atoms with Crippen molar-refractivity contribution in [3.8, 4) is 0 Å². The van der Waals surface area contributed by atoms with E-state index in [1.54, 1.807) is 0 Å². The summed E-state index contributed by atoms with van der Waals surface area (Å²) in [5.41, 5.74) is 0.988. The predicted octanol–water partition coefficient (Wildman–Crippen LogP) is 0.744. The first-order valence-corrected chi connectivity index (χ1v) is 8.84. The zero-order chi connectivity index (χ0) is 14.3. The van der Waals surface area contributed by atoms with Gasteiger partial charge in [-0.15, -0.1) is 0 Å². The molecule has 1 saturated carbocycles. The largest absolute Gasteiger partial charge is 0.354 e. The summed E-state index contributed by atoms with van der Waals surface area (Å²) in [5, 5.41) is 0. The molecule has 0 atom stereocenters. The van der Waals surface area contributed by atoms with Gasteiger partial charge in [-0.3, -0.25) is 0 Å². The second kappa shape index (κ2) is 4.96. The zero-order valence-electron chi connectivity index (χ0n) is 11.9. The van der Waals surface area contributed by atoms with E-state index in [0.29, 0.717) is 32.1 Å². The van der Waals surface area contributed by atoms with Crippen LogP contribution in [0, 0.1) is 6.92 Å². The number of aromatic nitrogens is 2. The average molecular weight is 296 g/mol. The Balaban J connectivity index is 1.74. The summed E-state index contributed by atoms with van der Waals surface area (Å²) in [4.78, 5) is 11.3. The zero-order valence-corrected chi connectivity index (χ0v) is 12.7. The first kappa shape index (κ1) is 13.8. The summed E-state index contributed by atoms with van der Waals surface area (Å²) in [5.74, 6) is 2.42. The van der Waals surface area contributed by atoms with Crippen LogP contribution in [0.25, 0.3) is 0 Å². The molecule has 20 heavy (non-hydrogen) atoms. The van der Waals surface area contributed by atoms with Crippen LogP contribution >= 0.6 is 0 Å². The van der Waals surface area contributed by atoms with Crippen LogP contribution in [0.5, 0.6) is 0 Å². The van der Waals surface area contributed by atoms with Crippen molar-refractivity contribution >= 4 is 15.8 Å². The van der Waals surface area contributed by atoms with Crippen molar-refractivity contribution in [2.45, 2.75) is 25.7 Å². The van der Waals surface area contributed by atoms with Crippen molar-refractivity contribution in [1.29, 1.82) is 0 Å². The molecule has 1 aliphatic carbocycles. The lowest BCUT2D eigenvalue weighted by molar-refractivity contribution is 0.386. The van der Waals surface area contributed by atoms with E-state index in [9.17, 15) is 8.42 Å². The van der Waals surface area contributed by atoms with Gasteiger partial charge in [-0.1, -0.05) is 0 Å². The number of aryl methyl sites for hydroxylation is 1. The van der Waals surface area contributed by atoms with E-state index in [4.69, 9.17) is 0 Å². The normalized spacial score (nSPS) is 21.2. The van der Waals surface area contributed by atoms with E-state index < -0.39 is 10.0 Å². The second-order valence-electron chi connectivity index (χ2n) is 5.65. The van der Waals surface area contributed by atoms with Crippen LogP contribution in [-0.2, 0) is 10.0 Å². The highest BCUT2D eigenvalue weighted by Gasteiger charge is 2.29. The minimum Gasteiger partial charge on any atom is -0.354 e. The van der Waals surface area contributed by atoms with E-state index in [2.05, 4.69) is 14.9 Å². The summed E-state index contributed by atoms with van der Waals surface area (Å²) >= 11 is 0. The standard InChI is InChI=1S/C13H20N4O2S/c1-10-9-12(15-13(14-10)11-3-4-11)16-5-7-17(8-6-16)20(2,18)19/h9,11H,3-8H2,1-2H3. The lowest BCUT2D eigenvalue weighted by Gasteiger charge is -2.34. The molecule has 6 nitrogen and oxygen atoms in total. The molecule has 1 aromatic heterocycles. The average Bonchev–Trinajstić information content (AvgIpc) is 3.21. The lowest BCUT2D eigenvalue weighted by atomic mass is 10.3. The fourth-order valence-corrected chi connectivity index (χ4v) is 3.34. The van der Waals surface area contributed by atoms with Gasteiger partial charge in [-0.05, 0) is 19.8 Å². The molecule has 1 aromatic rings. The van der Waals surface area contributed by atoms with Gasteiger partial charge in [0.2, 0.25) is 10.0 Å². The summed E-state index contributed by atoms with van der Waals surface area (Å²) in [6, 6.07) is 1.99. The van der Waals surface area contributed by atoms with Crippen LogP contribution in [0.4, 0.5) is 5.82 Å². The molecule has 0 amide bonds. The summed E-state index contributed by atoms with van der Waals surface area (Å²) < 4.78 is 24.6. The Morgan fingerprint density at radius 3 is 2.35 bits per heavy atom. The lowest BCUT2D eigenvalue weighted by Crippen LogP contribution is -2.48. The van der Waals surface area contributed by atoms with Crippen molar-refractivity contribution in [3.05, 3.63) is 17.6 Å². The third-order valence-electron chi connectivity index (χ3n) is 3.83. The van der Waals surface area contributed by atoms with Crippen LogP contribution in [-0.4, -0.2) is 55.1 Å². The Morgan fingerprint density at radius 1 is 1.15 bits per heavy atom. The molecule has 2 heterocycles. The fourth-order valence-electron chi connectivity index (χ4n) is 2.51. The van der Waals surface area contributed by atoms with Crippen molar-refractivity contribution in [3.63, 3.8) is 0 Å². The molecule has 3 rings (SSSR count). The number of nitrogens with zero attached hydrogens (tertiary/aromatic N) is 4. The molecule has 1 aliphatic heterocycles. The Labute approximate surface area is 119 Å². The van der Waals surface area contributed by atoms with E-state index in [-0.39, 0.29) is 0 Å². The van der Waals surface area contributed by atoms with Gasteiger partial charge in [0.25, 0.3) is 0 Å². The molecule has 0 N–H and O–H groups in total. The summed E-state index contributed by atoms with van der Waals surface area (Å²) in [6.45, 7) is 4.42. The predicted molar refractivity (Wildman–Crippen MR) is 77.4 cm³/mol. The number of hydrogen-bond donors (Lipinski definition) is 0. The fraction of sp³-hybridized carbons (Fsp3) is 0.692. The molecule has 0 aromatic carbocycles. The van der Waals surface area contributed by atoms with Gasteiger partial charge in [0, 0.05) is 43.9 Å². The topological polar surface area (TPSA) is 66.4 Å². The molecule has 2 fully saturated rings. The van der Waals surface area contributed by atoms with Crippen LogP contribution in [0.1, 0.15) is 30.3 Å². The van der Waals surface area contributed by atoms with E-state index >= 15 is 0 Å². The van der Waals surface area contributed by atoms with Gasteiger partial charge in [0.1, 0.15) is 11.6 Å². The monoisotopic (exact) mass is 296 g/mol. The van der Waals surface area contributed by atoms with Gasteiger partial charge in [-0.25, -0.2) is 18.4 Å². The van der Waals surface area contributed by atoms with Crippen LogP contribution < -0.4 is 4.90 Å². The maximum absolute atomic E-state index is 11.5. The molecule has 0 bridgehead atoms. The van der Waals surface area contributed by atoms with Crippen molar-refractivity contribution in [1.82, 2.24) is 14.3 Å². The number of piperazine rings is 1. The molecule has 7 heteroatoms. The molecule has 110 valence electrons. The maximum Gasteiger partial charge on any atom is 0.211 e. The molecular weight excluding hydrogens is 276 g/mol. The maximum atomic E-state index is 11.5. The van der Waals surface area contributed by atoms with E-state index in [0.717, 1.165) is 17.3 Å². The third-order valence-corrected chi connectivity index (χ3v) is 5.14. The molecular formula is C13H20N4O2S. The molecule has 0 spiro atoms. The second-order valence-corrected chi connectivity index (χ2v) is 7.63. The number of anilines is 1. The summed E-state index contributed by atoms with van der Waals surface area (Å²) in [7, 11) is -3.08. The SMILES string of the molecule is Cc1cc(N2CCN(S(C)(=O)=O)CC2)nc(C2CC2)n1.